The third kappa shape index (κ3) is 3.74. The van der Waals surface area contributed by atoms with Crippen molar-refractivity contribution in [3.05, 3.63) is 57.3 Å². The van der Waals surface area contributed by atoms with Crippen molar-refractivity contribution in [1.82, 2.24) is 9.88 Å². The molecule has 0 aliphatic rings. The Balaban J connectivity index is 2.48. The average Bonchev–Trinajstić information content (AvgIpc) is 2.49. The molecule has 1 aromatic carbocycles. The van der Waals surface area contributed by atoms with Crippen molar-refractivity contribution < 1.29 is 0 Å². The van der Waals surface area contributed by atoms with E-state index in [1.165, 1.54) is 0 Å². The molecule has 0 spiro atoms. The van der Waals surface area contributed by atoms with Crippen molar-refractivity contribution in [2.75, 3.05) is 6.54 Å². The molecule has 1 N–H and O–H groups in total. The summed E-state index contributed by atoms with van der Waals surface area (Å²) in [5, 5.41) is 3.91. The minimum atomic E-state index is 0.0882. The molecule has 0 radical (unpaired) electrons. The summed E-state index contributed by atoms with van der Waals surface area (Å²) in [6, 6.07) is 11.5. The van der Waals surface area contributed by atoms with Gasteiger partial charge in [-0.2, -0.15) is 0 Å². The van der Waals surface area contributed by atoms with Crippen LogP contribution in [-0.4, -0.2) is 11.1 Å². The number of nitrogens with one attached hydrogen (secondary N) is 1. The highest BCUT2D eigenvalue weighted by atomic mass is 35.5. The second kappa shape index (κ2) is 7.43. The van der Waals surface area contributed by atoms with Crippen molar-refractivity contribution in [2.45, 2.75) is 33.4 Å². The van der Waals surface area contributed by atoms with E-state index in [2.05, 4.69) is 12.2 Å². The number of aromatic nitrogens is 1. The lowest BCUT2D eigenvalue weighted by atomic mass is 10.1. The highest BCUT2D eigenvalue weighted by Crippen LogP contribution is 2.21. The highest BCUT2D eigenvalue weighted by Gasteiger charge is 2.09. The molecule has 112 valence electrons. The fourth-order valence-electron chi connectivity index (χ4n) is 2.34. The van der Waals surface area contributed by atoms with Gasteiger partial charge in [0, 0.05) is 23.7 Å². The van der Waals surface area contributed by atoms with E-state index >= 15 is 0 Å². The molecule has 3 nitrogen and oxygen atoms in total. The summed E-state index contributed by atoms with van der Waals surface area (Å²) in [7, 11) is 0. The zero-order valence-corrected chi connectivity index (χ0v) is 13.3. The summed E-state index contributed by atoms with van der Waals surface area (Å²) >= 11 is 5.94. The molecule has 0 fully saturated rings. The standard InChI is InChI=1S/C17H21ClN2O/c1-3-11-20-16(13-5-8-15(18)9-6-13)10-7-14(17(20)21)12-19-4-2/h5-10,19H,3-4,11-12H2,1-2H3. The van der Waals surface area contributed by atoms with Gasteiger partial charge in [0.15, 0.2) is 0 Å². The lowest BCUT2D eigenvalue weighted by Gasteiger charge is -2.14. The molecule has 0 atom stereocenters. The maximum absolute atomic E-state index is 12.6. The van der Waals surface area contributed by atoms with Crippen molar-refractivity contribution >= 4 is 11.6 Å². The van der Waals surface area contributed by atoms with Crippen molar-refractivity contribution in [3.63, 3.8) is 0 Å². The summed E-state index contributed by atoms with van der Waals surface area (Å²) in [6.07, 6.45) is 0.922. The van der Waals surface area contributed by atoms with Crippen LogP contribution in [0, 0.1) is 0 Å². The van der Waals surface area contributed by atoms with Crippen molar-refractivity contribution in [3.8, 4) is 11.3 Å². The molecule has 0 aliphatic heterocycles. The Morgan fingerprint density at radius 2 is 1.81 bits per heavy atom. The fraction of sp³-hybridized carbons (Fsp3) is 0.353. The first kappa shape index (κ1) is 15.8. The van der Waals surface area contributed by atoms with Gasteiger partial charge in [0.1, 0.15) is 0 Å². The number of benzene rings is 1. The lowest BCUT2D eigenvalue weighted by molar-refractivity contribution is 0.640. The molecule has 2 aromatic rings. The van der Waals surface area contributed by atoms with Crippen LogP contribution in [0.2, 0.25) is 5.02 Å². The van der Waals surface area contributed by atoms with Crippen LogP contribution in [0.4, 0.5) is 0 Å². The molecule has 0 bridgehead atoms. The SMILES string of the molecule is CCCn1c(-c2ccc(Cl)cc2)ccc(CNCC)c1=O. The Bertz CT molecular complexity index is 647. The molecule has 4 heteroatoms. The van der Waals surface area contributed by atoms with E-state index in [4.69, 9.17) is 11.6 Å². The number of hydrogen-bond acceptors (Lipinski definition) is 2. The normalized spacial score (nSPS) is 10.8. The molecule has 1 heterocycles. The molecule has 0 saturated heterocycles. The van der Waals surface area contributed by atoms with Crippen LogP contribution in [-0.2, 0) is 13.1 Å². The van der Waals surface area contributed by atoms with Crippen LogP contribution in [0.3, 0.4) is 0 Å². The monoisotopic (exact) mass is 304 g/mol. The smallest absolute Gasteiger partial charge is 0.255 e. The lowest BCUT2D eigenvalue weighted by Crippen LogP contribution is -2.28. The first-order chi connectivity index (χ1) is 10.2. The maximum atomic E-state index is 12.6. The van der Waals surface area contributed by atoms with E-state index < -0.39 is 0 Å². The summed E-state index contributed by atoms with van der Waals surface area (Å²) in [5.74, 6) is 0. The molecule has 21 heavy (non-hydrogen) atoms. The minimum Gasteiger partial charge on any atom is -0.313 e. The predicted molar refractivity (Wildman–Crippen MR) is 88.8 cm³/mol. The predicted octanol–water partition coefficient (Wildman–Crippen LogP) is 3.69. The van der Waals surface area contributed by atoms with Crippen LogP contribution in [0.5, 0.6) is 0 Å². The van der Waals surface area contributed by atoms with Gasteiger partial charge >= 0.3 is 0 Å². The first-order valence-corrected chi connectivity index (χ1v) is 7.74. The van der Waals surface area contributed by atoms with Crippen LogP contribution in [0.15, 0.2) is 41.2 Å². The van der Waals surface area contributed by atoms with Crippen LogP contribution in [0.1, 0.15) is 25.8 Å². The van der Waals surface area contributed by atoms with Gasteiger partial charge in [0.2, 0.25) is 0 Å². The summed E-state index contributed by atoms with van der Waals surface area (Å²) < 4.78 is 1.86. The largest absolute Gasteiger partial charge is 0.313 e. The minimum absolute atomic E-state index is 0.0882. The Morgan fingerprint density at radius 1 is 1.10 bits per heavy atom. The Kier molecular flexibility index (Phi) is 5.59. The molecule has 0 saturated carbocycles. The third-order valence-electron chi connectivity index (χ3n) is 3.41. The Labute approximate surface area is 130 Å². The van der Waals surface area contributed by atoms with Gasteiger partial charge in [-0.1, -0.05) is 43.6 Å². The van der Waals surface area contributed by atoms with E-state index in [-0.39, 0.29) is 5.56 Å². The molecule has 1 aromatic heterocycles. The molecule has 2 rings (SSSR count). The van der Waals surface area contributed by atoms with Crippen LogP contribution >= 0.6 is 11.6 Å². The van der Waals surface area contributed by atoms with Crippen LogP contribution in [0.25, 0.3) is 11.3 Å². The molecular weight excluding hydrogens is 284 g/mol. The number of nitrogens with zero attached hydrogens (tertiary/aromatic N) is 1. The average molecular weight is 305 g/mol. The van der Waals surface area contributed by atoms with Crippen molar-refractivity contribution in [2.24, 2.45) is 0 Å². The van der Waals surface area contributed by atoms with E-state index in [0.717, 1.165) is 36.3 Å². The molecule has 0 amide bonds. The van der Waals surface area contributed by atoms with E-state index in [1.807, 2.05) is 47.9 Å². The number of pyridine rings is 1. The zero-order chi connectivity index (χ0) is 15.2. The molecular formula is C17H21ClN2O. The van der Waals surface area contributed by atoms with Gasteiger partial charge in [-0.25, -0.2) is 0 Å². The van der Waals surface area contributed by atoms with E-state index in [0.29, 0.717) is 11.6 Å². The number of rotatable bonds is 6. The van der Waals surface area contributed by atoms with Gasteiger partial charge in [-0.05, 0) is 36.7 Å². The Hall–Kier alpha value is -1.58. The van der Waals surface area contributed by atoms with Gasteiger partial charge in [0.05, 0.1) is 5.69 Å². The Morgan fingerprint density at radius 3 is 2.43 bits per heavy atom. The second-order valence-electron chi connectivity index (χ2n) is 4.99. The van der Waals surface area contributed by atoms with Gasteiger partial charge in [-0.15, -0.1) is 0 Å². The summed E-state index contributed by atoms with van der Waals surface area (Å²) in [6.45, 7) is 6.30. The first-order valence-electron chi connectivity index (χ1n) is 7.36. The zero-order valence-electron chi connectivity index (χ0n) is 12.5. The summed E-state index contributed by atoms with van der Waals surface area (Å²) in [5.41, 5.74) is 2.85. The van der Waals surface area contributed by atoms with Crippen LogP contribution < -0.4 is 10.9 Å². The maximum Gasteiger partial charge on any atom is 0.255 e. The molecule has 0 aliphatic carbocycles. The number of hydrogen-bond donors (Lipinski definition) is 1. The second-order valence-corrected chi connectivity index (χ2v) is 5.42. The fourth-order valence-corrected chi connectivity index (χ4v) is 2.46. The van der Waals surface area contributed by atoms with E-state index in [9.17, 15) is 4.79 Å². The summed E-state index contributed by atoms with van der Waals surface area (Å²) in [4.78, 5) is 12.6. The number of halogens is 1. The highest BCUT2D eigenvalue weighted by molar-refractivity contribution is 6.30. The van der Waals surface area contributed by atoms with Gasteiger partial charge in [0.25, 0.3) is 5.56 Å². The topological polar surface area (TPSA) is 34.0 Å². The molecule has 0 unspecified atom stereocenters. The van der Waals surface area contributed by atoms with Gasteiger partial charge < -0.3 is 9.88 Å². The third-order valence-corrected chi connectivity index (χ3v) is 3.66. The van der Waals surface area contributed by atoms with Crippen molar-refractivity contribution in [1.29, 1.82) is 0 Å². The van der Waals surface area contributed by atoms with Gasteiger partial charge in [-0.3, -0.25) is 4.79 Å². The van der Waals surface area contributed by atoms with E-state index in [1.54, 1.807) is 0 Å². The quantitative estimate of drug-likeness (QED) is 0.883.